The molecule has 0 aliphatic carbocycles. The molecule has 114 valence electrons. The second kappa shape index (κ2) is 6.66. The highest BCUT2D eigenvalue weighted by molar-refractivity contribution is 5.74. The van der Waals surface area contributed by atoms with Crippen molar-refractivity contribution in [1.29, 1.82) is 0 Å². The van der Waals surface area contributed by atoms with Crippen molar-refractivity contribution < 1.29 is 28.2 Å². The Labute approximate surface area is 125 Å². The highest BCUT2D eigenvalue weighted by atomic mass is 19.1. The van der Waals surface area contributed by atoms with Crippen LogP contribution in [-0.2, 0) is 9.59 Å². The third-order valence-corrected chi connectivity index (χ3v) is 2.34. The zero-order valence-electron chi connectivity index (χ0n) is 11.8. The Hall–Kier alpha value is -2.96. The molecule has 2 rings (SSSR count). The first kappa shape index (κ1) is 15.4. The number of carbonyl (C=O) groups excluding carboxylic acids is 2. The molecule has 22 heavy (non-hydrogen) atoms. The van der Waals surface area contributed by atoms with Crippen LogP contribution in [0.5, 0.6) is 23.1 Å². The summed E-state index contributed by atoms with van der Waals surface area (Å²) in [4.78, 5) is 26.2. The Morgan fingerprint density at radius 3 is 2.09 bits per heavy atom. The summed E-state index contributed by atoms with van der Waals surface area (Å²) < 4.78 is 28.9. The summed E-state index contributed by atoms with van der Waals surface area (Å²) in [6, 6.07) is 6.79. The lowest BCUT2D eigenvalue weighted by Gasteiger charge is -2.14. The van der Waals surface area contributed by atoms with Crippen molar-refractivity contribution in [3.63, 3.8) is 0 Å². The van der Waals surface area contributed by atoms with Crippen molar-refractivity contribution in [2.75, 3.05) is 0 Å². The lowest BCUT2D eigenvalue weighted by molar-refractivity contribution is -0.132. The van der Waals surface area contributed by atoms with Gasteiger partial charge in [0.2, 0.25) is 11.6 Å². The van der Waals surface area contributed by atoms with E-state index in [-0.39, 0.29) is 23.1 Å². The van der Waals surface area contributed by atoms with Crippen LogP contribution in [0.3, 0.4) is 0 Å². The van der Waals surface area contributed by atoms with Crippen LogP contribution in [0.15, 0.2) is 36.5 Å². The van der Waals surface area contributed by atoms with E-state index in [1.165, 1.54) is 6.20 Å². The Morgan fingerprint density at radius 1 is 1.05 bits per heavy atom. The molecular weight excluding hydrogens is 293 g/mol. The standard InChI is InChI=1S/C15H12FNO5/c1-9(18)20-12-7-11(16)8-13(21-10(2)19)15(12)22-14-5-3-4-6-17-14/h3-8H,1-2H3. The Bertz CT molecular complexity index is 665. The zero-order valence-corrected chi connectivity index (χ0v) is 11.8. The van der Waals surface area contributed by atoms with Crippen LogP contribution >= 0.6 is 0 Å². The normalized spacial score (nSPS) is 9.95. The fourth-order valence-corrected chi connectivity index (χ4v) is 1.62. The molecule has 1 aromatic carbocycles. The Morgan fingerprint density at radius 2 is 1.64 bits per heavy atom. The first-order chi connectivity index (χ1) is 10.5. The molecule has 0 saturated heterocycles. The molecule has 0 amide bonds. The van der Waals surface area contributed by atoms with Gasteiger partial charge in [-0.25, -0.2) is 9.37 Å². The summed E-state index contributed by atoms with van der Waals surface area (Å²) in [5, 5.41) is 0. The molecule has 0 N–H and O–H groups in total. The lowest BCUT2D eigenvalue weighted by Crippen LogP contribution is -2.07. The van der Waals surface area contributed by atoms with Gasteiger partial charge in [-0.15, -0.1) is 0 Å². The van der Waals surface area contributed by atoms with Crippen molar-refractivity contribution in [2.24, 2.45) is 0 Å². The molecule has 2 aromatic rings. The van der Waals surface area contributed by atoms with E-state index >= 15 is 0 Å². The third-order valence-electron chi connectivity index (χ3n) is 2.34. The first-order valence-electron chi connectivity index (χ1n) is 6.25. The fourth-order valence-electron chi connectivity index (χ4n) is 1.62. The van der Waals surface area contributed by atoms with Gasteiger partial charge in [0.05, 0.1) is 0 Å². The zero-order chi connectivity index (χ0) is 16.1. The summed E-state index contributed by atoms with van der Waals surface area (Å²) >= 11 is 0. The third kappa shape index (κ3) is 4.02. The number of aromatic nitrogens is 1. The molecule has 0 bridgehead atoms. The van der Waals surface area contributed by atoms with Gasteiger partial charge in [0.15, 0.2) is 11.5 Å². The highest BCUT2D eigenvalue weighted by Gasteiger charge is 2.19. The van der Waals surface area contributed by atoms with Crippen molar-refractivity contribution in [3.8, 4) is 23.1 Å². The maximum atomic E-state index is 13.6. The molecule has 0 spiro atoms. The van der Waals surface area contributed by atoms with E-state index in [1.807, 2.05) is 0 Å². The van der Waals surface area contributed by atoms with E-state index in [2.05, 4.69) is 4.98 Å². The lowest BCUT2D eigenvalue weighted by atomic mass is 10.2. The summed E-state index contributed by atoms with van der Waals surface area (Å²) in [6.45, 7) is 2.31. The van der Waals surface area contributed by atoms with Crippen molar-refractivity contribution in [2.45, 2.75) is 13.8 Å². The van der Waals surface area contributed by atoms with E-state index in [1.54, 1.807) is 18.2 Å². The molecule has 0 saturated carbocycles. The number of halogens is 1. The van der Waals surface area contributed by atoms with Gasteiger partial charge in [0.1, 0.15) is 5.82 Å². The highest BCUT2D eigenvalue weighted by Crippen LogP contribution is 2.41. The second-order valence-corrected chi connectivity index (χ2v) is 4.19. The molecule has 0 aliphatic heterocycles. The smallest absolute Gasteiger partial charge is 0.308 e. The monoisotopic (exact) mass is 305 g/mol. The number of hydrogen-bond donors (Lipinski definition) is 0. The molecule has 6 nitrogen and oxygen atoms in total. The number of carbonyl (C=O) groups is 2. The van der Waals surface area contributed by atoms with Crippen LogP contribution in [0.2, 0.25) is 0 Å². The average Bonchev–Trinajstić information content (AvgIpc) is 2.42. The van der Waals surface area contributed by atoms with Gasteiger partial charge in [0, 0.05) is 38.2 Å². The van der Waals surface area contributed by atoms with E-state index in [4.69, 9.17) is 14.2 Å². The Kier molecular flexibility index (Phi) is 4.67. The minimum absolute atomic E-state index is 0.120. The van der Waals surface area contributed by atoms with Crippen LogP contribution in [0, 0.1) is 5.82 Å². The number of rotatable bonds is 4. The van der Waals surface area contributed by atoms with Crippen molar-refractivity contribution in [3.05, 3.63) is 42.3 Å². The minimum atomic E-state index is -0.749. The van der Waals surface area contributed by atoms with Crippen molar-refractivity contribution in [1.82, 2.24) is 4.98 Å². The van der Waals surface area contributed by atoms with Gasteiger partial charge in [0.25, 0.3) is 0 Å². The molecule has 0 unspecified atom stereocenters. The maximum Gasteiger partial charge on any atom is 0.308 e. The summed E-state index contributed by atoms with van der Waals surface area (Å²) in [7, 11) is 0. The number of benzene rings is 1. The van der Waals surface area contributed by atoms with Crippen LogP contribution in [0.4, 0.5) is 4.39 Å². The van der Waals surface area contributed by atoms with Gasteiger partial charge in [-0.05, 0) is 6.07 Å². The average molecular weight is 305 g/mol. The molecule has 1 aromatic heterocycles. The van der Waals surface area contributed by atoms with Gasteiger partial charge >= 0.3 is 11.9 Å². The first-order valence-corrected chi connectivity index (χ1v) is 6.25. The molecule has 0 fully saturated rings. The van der Waals surface area contributed by atoms with E-state index < -0.39 is 17.8 Å². The van der Waals surface area contributed by atoms with Gasteiger partial charge in [-0.2, -0.15) is 0 Å². The van der Waals surface area contributed by atoms with Gasteiger partial charge < -0.3 is 14.2 Å². The molecule has 0 aliphatic rings. The summed E-state index contributed by atoms with van der Waals surface area (Å²) in [5.74, 6) is -2.48. The predicted octanol–water partition coefficient (Wildman–Crippen LogP) is 2.86. The molecular formula is C15H12FNO5. The quantitative estimate of drug-likeness (QED) is 0.638. The Balaban J connectivity index is 2.49. The largest absolute Gasteiger partial charge is 0.431 e. The van der Waals surface area contributed by atoms with E-state index in [0.717, 1.165) is 26.0 Å². The minimum Gasteiger partial charge on any atom is -0.431 e. The van der Waals surface area contributed by atoms with Crippen molar-refractivity contribution >= 4 is 11.9 Å². The summed E-state index contributed by atoms with van der Waals surface area (Å²) in [5.41, 5.74) is 0. The number of esters is 2. The SMILES string of the molecule is CC(=O)Oc1cc(F)cc(OC(C)=O)c1Oc1ccccn1. The van der Waals surface area contributed by atoms with Crippen LogP contribution in [0.1, 0.15) is 13.8 Å². The van der Waals surface area contributed by atoms with Gasteiger partial charge in [-0.1, -0.05) is 6.07 Å². The van der Waals surface area contributed by atoms with Crippen LogP contribution in [-0.4, -0.2) is 16.9 Å². The van der Waals surface area contributed by atoms with Gasteiger partial charge in [-0.3, -0.25) is 9.59 Å². The van der Waals surface area contributed by atoms with E-state index in [9.17, 15) is 14.0 Å². The number of pyridine rings is 1. The molecule has 1 heterocycles. The molecule has 0 radical (unpaired) electrons. The number of ether oxygens (including phenoxy) is 3. The summed E-state index contributed by atoms with van der Waals surface area (Å²) in [6.07, 6.45) is 1.48. The topological polar surface area (TPSA) is 74.7 Å². The maximum absolute atomic E-state index is 13.6. The second-order valence-electron chi connectivity index (χ2n) is 4.19. The number of nitrogens with zero attached hydrogens (tertiary/aromatic N) is 1. The van der Waals surface area contributed by atoms with Crippen LogP contribution < -0.4 is 14.2 Å². The number of hydrogen-bond acceptors (Lipinski definition) is 6. The molecule has 0 atom stereocenters. The van der Waals surface area contributed by atoms with E-state index in [0.29, 0.717) is 0 Å². The predicted molar refractivity (Wildman–Crippen MR) is 73.3 cm³/mol. The molecule has 7 heteroatoms. The van der Waals surface area contributed by atoms with Crippen LogP contribution in [0.25, 0.3) is 0 Å². The fraction of sp³-hybridized carbons (Fsp3) is 0.133.